The second kappa shape index (κ2) is 16.3. The summed E-state index contributed by atoms with van der Waals surface area (Å²) in [7, 11) is 4.20. The maximum Gasteiger partial charge on any atom is 0.242 e. The predicted molar refractivity (Wildman–Crippen MR) is 140 cm³/mol. The smallest absolute Gasteiger partial charge is 0.242 e. The first-order chi connectivity index (χ1) is 15.9. The lowest BCUT2D eigenvalue weighted by molar-refractivity contribution is -0.132. The number of alkyl halides is 1. The van der Waals surface area contributed by atoms with E-state index in [1.54, 1.807) is 0 Å². The van der Waals surface area contributed by atoms with E-state index in [4.69, 9.17) is 17.4 Å². The summed E-state index contributed by atoms with van der Waals surface area (Å²) < 4.78 is 0. The van der Waals surface area contributed by atoms with Crippen molar-refractivity contribution in [3.63, 3.8) is 0 Å². The summed E-state index contributed by atoms with van der Waals surface area (Å²) in [4.78, 5) is 17.5. The van der Waals surface area contributed by atoms with E-state index in [0.29, 0.717) is 18.4 Å². The molecule has 4 atom stereocenters. The van der Waals surface area contributed by atoms with Crippen LogP contribution in [-0.2, 0) is 4.79 Å². The third-order valence-corrected chi connectivity index (χ3v) is 8.46. The Morgan fingerprint density at radius 3 is 2.42 bits per heavy atom. The Labute approximate surface area is 208 Å². The fraction of sp³-hybridized carbons (Fsp3) is 0.962. The largest absolute Gasteiger partial charge is 0.344 e. The first-order valence-electron chi connectivity index (χ1n) is 13.7. The molecule has 2 aliphatic rings. The zero-order chi connectivity index (χ0) is 24.1. The fourth-order valence-electron chi connectivity index (χ4n) is 5.81. The van der Waals surface area contributed by atoms with Crippen LogP contribution in [0.1, 0.15) is 84.0 Å². The molecule has 4 N–H and O–H groups in total. The number of carbonyl (C=O) groups is 1. The van der Waals surface area contributed by atoms with Crippen molar-refractivity contribution in [1.29, 1.82) is 0 Å². The summed E-state index contributed by atoms with van der Waals surface area (Å²) in [5, 5.41) is 3.70. The van der Waals surface area contributed by atoms with Crippen LogP contribution in [0.4, 0.5) is 0 Å². The Morgan fingerprint density at radius 2 is 1.76 bits per heavy atom. The highest BCUT2D eigenvalue weighted by molar-refractivity contribution is 6.20. The van der Waals surface area contributed by atoms with Crippen molar-refractivity contribution in [2.24, 2.45) is 23.6 Å². The zero-order valence-electron chi connectivity index (χ0n) is 21.7. The Bertz CT molecular complexity index is 531. The van der Waals surface area contributed by atoms with Gasteiger partial charge in [-0.2, -0.15) is 0 Å². The van der Waals surface area contributed by atoms with E-state index >= 15 is 0 Å². The van der Waals surface area contributed by atoms with Crippen LogP contribution in [-0.4, -0.2) is 73.9 Å². The molecule has 194 valence electrons. The molecule has 0 aromatic carbocycles. The van der Waals surface area contributed by atoms with Crippen LogP contribution in [0.5, 0.6) is 0 Å². The minimum Gasteiger partial charge on any atom is -0.344 e. The summed E-state index contributed by atoms with van der Waals surface area (Å²) in [5.74, 6) is 7.74. The molecule has 2 fully saturated rings. The van der Waals surface area contributed by atoms with Gasteiger partial charge in [-0.3, -0.25) is 10.6 Å². The molecule has 0 spiro atoms. The molecule has 0 saturated heterocycles. The van der Waals surface area contributed by atoms with Crippen molar-refractivity contribution in [1.82, 2.24) is 20.5 Å². The van der Waals surface area contributed by atoms with E-state index < -0.39 is 6.04 Å². The predicted octanol–water partition coefficient (Wildman–Crippen LogP) is 3.98. The third-order valence-electron chi connectivity index (χ3n) is 7.89. The van der Waals surface area contributed by atoms with Gasteiger partial charge in [0.2, 0.25) is 5.91 Å². The van der Waals surface area contributed by atoms with Gasteiger partial charge in [0.25, 0.3) is 0 Å². The van der Waals surface area contributed by atoms with Crippen LogP contribution in [0.3, 0.4) is 0 Å². The Kier molecular flexibility index (Phi) is 14.2. The number of hydrazine groups is 1. The number of hydrogen-bond acceptors (Lipinski definition) is 5. The van der Waals surface area contributed by atoms with Crippen LogP contribution in [0.15, 0.2) is 0 Å². The number of carbonyl (C=O) groups excluding carboxylic acids is 1. The van der Waals surface area contributed by atoms with Gasteiger partial charge in [0, 0.05) is 32.1 Å². The monoisotopic (exact) mass is 485 g/mol. The number of amides is 1. The van der Waals surface area contributed by atoms with Crippen LogP contribution >= 0.6 is 11.6 Å². The van der Waals surface area contributed by atoms with Crippen molar-refractivity contribution in [3.05, 3.63) is 0 Å². The molecule has 2 rings (SSSR count). The van der Waals surface area contributed by atoms with Gasteiger partial charge in [-0.05, 0) is 76.4 Å². The second-order valence-corrected chi connectivity index (χ2v) is 11.4. The molecule has 0 aromatic heterocycles. The van der Waals surface area contributed by atoms with Gasteiger partial charge in [-0.25, -0.2) is 5.43 Å². The van der Waals surface area contributed by atoms with Crippen molar-refractivity contribution >= 4 is 17.5 Å². The number of rotatable bonds is 15. The Morgan fingerprint density at radius 1 is 1.06 bits per heavy atom. The topological polar surface area (TPSA) is 73.6 Å². The van der Waals surface area contributed by atoms with E-state index in [0.717, 1.165) is 51.2 Å². The number of nitrogens with two attached hydrogens (primary N) is 1. The van der Waals surface area contributed by atoms with Gasteiger partial charge in [-0.15, -0.1) is 11.6 Å². The highest BCUT2D eigenvalue weighted by Gasteiger charge is 2.26. The summed E-state index contributed by atoms with van der Waals surface area (Å²) in [6.07, 6.45) is 15.2. The molecule has 4 unspecified atom stereocenters. The van der Waals surface area contributed by atoms with Crippen molar-refractivity contribution in [2.45, 2.75) is 95.4 Å². The number of likely N-dealkylation sites (N-methyl/N-ethyl adjacent to an activating group) is 1. The summed E-state index contributed by atoms with van der Waals surface area (Å²) >= 11 is 6.48. The lowest BCUT2D eigenvalue weighted by atomic mass is 9.88. The van der Waals surface area contributed by atoms with E-state index in [2.05, 4.69) is 29.6 Å². The SMILES string of the molecule is CCCC(CCN(C)CC1CCCCC1)CN(C)C(=O)C(CNCC1CCCCC1Cl)NN. The van der Waals surface area contributed by atoms with E-state index in [-0.39, 0.29) is 11.3 Å². The highest BCUT2D eigenvalue weighted by atomic mass is 35.5. The summed E-state index contributed by atoms with van der Waals surface area (Å²) in [6.45, 7) is 6.78. The summed E-state index contributed by atoms with van der Waals surface area (Å²) in [5.41, 5.74) is 2.74. The lowest BCUT2D eigenvalue weighted by Gasteiger charge is -2.31. The first-order valence-corrected chi connectivity index (χ1v) is 14.1. The fourth-order valence-corrected chi connectivity index (χ4v) is 6.18. The normalized spacial score (nSPS) is 24.1. The molecular formula is C26H52ClN5O. The van der Waals surface area contributed by atoms with Gasteiger partial charge in [0.15, 0.2) is 0 Å². The van der Waals surface area contributed by atoms with E-state index in [1.165, 1.54) is 57.9 Å². The average molecular weight is 486 g/mol. The minimum absolute atomic E-state index is 0.0766. The average Bonchev–Trinajstić information content (AvgIpc) is 2.81. The minimum atomic E-state index is -0.399. The van der Waals surface area contributed by atoms with Crippen molar-refractivity contribution in [2.75, 3.05) is 46.8 Å². The van der Waals surface area contributed by atoms with Gasteiger partial charge in [0.1, 0.15) is 6.04 Å². The van der Waals surface area contributed by atoms with Gasteiger partial charge in [0.05, 0.1) is 0 Å². The number of halogens is 1. The molecule has 2 saturated carbocycles. The molecule has 1 amide bonds. The number of hydrogen-bond donors (Lipinski definition) is 3. The molecule has 0 heterocycles. The maximum absolute atomic E-state index is 13.1. The van der Waals surface area contributed by atoms with Crippen molar-refractivity contribution < 1.29 is 4.79 Å². The maximum atomic E-state index is 13.1. The molecule has 0 aromatic rings. The van der Waals surface area contributed by atoms with Gasteiger partial charge < -0.3 is 15.1 Å². The molecule has 0 radical (unpaired) electrons. The first kappa shape index (κ1) is 28.8. The number of nitrogens with zero attached hydrogens (tertiary/aromatic N) is 2. The third kappa shape index (κ3) is 10.8. The lowest BCUT2D eigenvalue weighted by Crippen LogP contribution is -2.54. The molecule has 0 aliphatic heterocycles. The van der Waals surface area contributed by atoms with Crippen LogP contribution in [0.25, 0.3) is 0 Å². The van der Waals surface area contributed by atoms with Gasteiger partial charge in [-0.1, -0.05) is 45.4 Å². The quantitative estimate of drug-likeness (QED) is 0.186. The molecular weight excluding hydrogens is 434 g/mol. The zero-order valence-corrected chi connectivity index (χ0v) is 22.4. The molecule has 0 bridgehead atoms. The van der Waals surface area contributed by atoms with Gasteiger partial charge >= 0.3 is 0 Å². The standard InChI is InChI=1S/C26H52ClN5O/c1-4-10-21(15-16-31(2)19-22-11-6-5-7-12-22)20-32(3)26(33)25(30-28)18-29-17-23-13-8-9-14-24(23)27/h21-25,29-30H,4-20,28H2,1-3H3. The van der Waals surface area contributed by atoms with Crippen LogP contribution < -0.4 is 16.6 Å². The van der Waals surface area contributed by atoms with Crippen LogP contribution in [0.2, 0.25) is 0 Å². The highest BCUT2D eigenvalue weighted by Crippen LogP contribution is 2.28. The van der Waals surface area contributed by atoms with E-state index in [1.807, 2.05) is 11.9 Å². The Hall–Kier alpha value is -0.400. The van der Waals surface area contributed by atoms with E-state index in [9.17, 15) is 4.79 Å². The van der Waals surface area contributed by atoms with Crippen LogP contribution in [0, 0.1) is 17.8 Å². The molecule has 6 nitrogen and oxygen atoms in total. The Balaban J connectivity index is 1.73. The molecule has 33 heavy (non-hydrogen) atoms. The molecule has 7 heteroatoms. The van der Waals surface area contributed by atoms with Crippen molar-refractivity contribution in [3.8, 4) is 0 Å². The second-order valence-electron chi connectivity index (χ2n) is 10.9. The summed E-state index contributed by atoms with van der Waals surface area (Å²) in [6, 6.07) is -0.399. The molecule has 2 aliphatic carbocycles. The number of nitrogens with one attached hydrogen (secondary N) is 2.